The van der Waals surface area contributed by atoms with Gasteiger partial charge in [-0.25, -0.2) is 8.42 Å². The molecule has 2 rings (SSSR count). The summed E-state index contributed by atoms with van der Waals surface area (Å²) in [5.74, 6) is 0.121. The van der Waals surface area contributed by atoms with E-state index in [0.717, 1.165) is 6.26 Å². The second-order valence-corrected chi connectivity index (χ2v) is 4.88. The molecule has 0 spiro atoms. The molecule has 0 saturated heterocycles. The van der Waals surface area contributed by atoms with Crippen molar-refractivity contribution < 1.29 is 13.6 Å². The maximum Gasteiger partial charge on any atom is 0.231 e. The molecule has 0 aliphatic rings. The summed E-state index contributed by atoms with van der Waals surface area (Å²) in [6, 6.07) is 6.76. The molecule has 6 nitrogen and oxygen atoms in total. The van der Waals surface area contributed by atoms with E-state index in [1.165, 1.54) is 0 Å². The lowest BCUT2D eigenvalue weighted by Gasteiger charge is -1.98. The van der Waals surface area contributed by atoms with E-state index in [4.69, 9.17) is 0 Å². The molecule has 7 heteroatoms. The number of benzene rings is 1. The van der Waals surface area contributed by atoms with Crippen LogP contribution in [0.5, 0.6) is 0 Å². The molecule has 0 radical (unpaired) electrons. The highest BCUT2D eigenvalue weighted by Gasteiger charge is 2.12. The topological polar surface area (TPSA) is 84.2 Å². The van der Waals surface area contributed by atoms with Crippen molar-refractivity contribution in [2.75, 3.05) is 11.0 Å². The Bertz CT molecular complexity index is 603. The first-order valence-electron chi connectivity index (χ1n) is 4.12. The summed E-state index contributed by atoms with van der Waals surface area (Å²) < 4.78 is 24.2. The SMILES string of the molecule is CS(=O)(=O)Nc1nn(O)c2ccccc12. The Morgan fingerprint density at radius 3 is 2.73 bits per heavy atom. The number of nitrogens with one attached hydrogen (secondary N) is 1. The summed E-state index contributed by atoms with van der Waals surface area (Å²) in [5, 5.41) is 13.6. The number of hydrogen-bond acceptors (Lipinski definition) is 4. The average molecular weight is 227 g/mol. The lowest BCUT2D eigenvalue weighted by atomic mass is 10.2. The molecule has 80 valence electrons. The Morgan fingerprint density at radius 1 is 1.40 bits per heavy atom. The third kappa shape index (κ3) is 1.86. The van der Waals surface area contributed by atoms with Gasteiger partial charge >= 0.3 is 0 Å². The molecular weight excluding hydrogens is 218 g/mol. The predicted octanol–water partition coefficient (Wildman–Crippen LogP) is 0.645. The van der Waals surface area contributed by atoms with E-state index < -0.39 is 10.0 Å². The molecule has 0 unspecified atom stereocenters. The van der Waals surface area contributed by atoms with Gasteiger partial charge in [-0.1, -0.05) is 17.0 Å². The van der Waals surface area contributed by atoms with Gasteiger partial charge in [0.15, 0.2) is 5.82 Å². The van der Waals surface area contributed by atoms with Crippen LogP contribution in [0.1, 0.15) is 0 Å². The van der Waals surface area contributed by atoms with Crippen molar-refractivity contribution in [3.63, 3.8) is 0 Å². The van der Waals surface area contributed by atoms with Crippen LogP contribution in [0.15, 0.2) is 24.3 Å². The zero-order valence-electron chi connectivity index (χ0n) is 7.88. The molecule has 0 saturated carbocycles. The quantitative estimate of drug-likeness (QED) is 0.737. The third-order valence-corrected chi connectivity index (χ3v) is 2.42. The van der Waals surface area contributed by atoms with Crippen LogP contribution in [0.25, 0.3) is 10.9 Å². The molecule has 0 aliphatic heterocycles. The minimum absolute atomic E-state index is 0.121. The molecule has 1 heterocycles. The average Bonchev–Trinajstić information content (AvgIpc) is 2.42. The summed E-state index contributed by atoms with van der Waals surface area (Å²) in [6.07, 6.45) is 1.03. The van der Waals surface area contributed by atoms with Crippen LogP contribution in [0.2, 0.25) is 0 Å². The second kappa shape index (κ2) is 3.13. The highest BCUT2D eigenvalue weighted by molar-refractivity contribution is 7.92. The molecular formula is C8H9N3O3S. The van der Waals surface area contributed by atoms with Crippen molar-refractivity contribution in [3.8, 4) is 0 Å². The molecule has 0 atom stereocenters. The van der Waals surface area contributed by atoms with E-state index in [-0.39, 0.29) is 5.82 Å². The number of rotatable bonds is 2. The van der Waals surface area contributed by atoms with E-state index >= 15 is 0 Å². The highest BCUT2D eigenvalue weighted by Crippen LogP contribution is 2.21. The van der Waals surface area contributed by atoms with Crippen LogP contribution in [0.4, 0.5) is 5.82 Å². The van der Waals surface area contributed by atoms with Gasteiger partial charge in [0.05, 0.1) is 6.26 Å². The van der Waals surface area contributed by atoms with Crippen molar-refractivity contribution in [2.45, 2.75) is 0 Å². The lowest BCUT2D eigenvalue weighted by molar-refractivity contribution is 0.162. The number of fused-ring (bicyclic) bond motifs is 1. The van der Waals surface area contributed by atoms with Crippen LogP contribution < -0.4 is 4.72 Å². The maximum atomic E-state index is 11.0. The maximum absolute atomic E-state index is 11.0. The summed E-state index contributed by atoms with van der Waals surface area (Å²) in [5.41, 5.74) is 0.448. The number of hydrogen-bond donors (Lipinski definition) is 2. The van der Waals surface area contributed by atoms with E-state index in [1.807, 2.05) is 0 Å². The Kier molecular flexibility index (Phi) is 2.04. The van der Waals surface area contributed by atoms with Crippen LogP contribution in [0.3, 0.4) is 0 Å². The predicted molar refractivity (Wildman–Crippen MR) is 55.4 cm³/mol. The molecule has 0 amide bonds. The summed E-state index contributed by atoms with van der Waals surface area (Å²) in [4.78, 5) is 0.642. The Hall–Kier alpha value is -1.76. The molecule has 2 N–H and O–H groups in total. The zero-order chi connectivity index (χ0) is 11.1. The molecule has 1 aromatic carbocycles. The number of nitrogens with zero attached hydrogens (tertiary/aromatic N) is 2. The highest BCUT2D eigenvalue weighted by atomic mass is 32.2. The minimum Gasteiger partial charge on any atom is -0.411 e. The van der Waals surface area contributed by atoms with Crippen molar-refractivity contribution in [1.29, 1.82) is 0 Å². The normalized spacial score (nSPS) is 11.8. The Morgan fingerprint density at radius 2 is 2.07 bits per heavy atom. The minimum atomic E-state index is -3.39. The van der Waals surface area contributed by atoms with Crippen molar-refractivity contribution in [1.82, 2.24) is 9.94 Å². The second-order valence-electron chi connectivity index (χ2n) is 3.13. The molecule has 2 aromatic rings. The summed E-state index contributed by atoms with van der Waals surface area (Å²) >= 11 is 0. The van der Waals surface area contributed by atoms with E-state index in [0.29, 0.717) is 15.7 Å². The van der Waals surface area contributed by atoms with Gasteiger partial charge < -0.3 is 5.21 Å². The summed E-state index contributed by atoms with van der Waals surface area (Å²) in [7, 11) is -3.39. The molecule has 0 aliphatic carbocycles. The van der Waals surface area contributed by atoms with Gasteiger partial charge in [0, 0.05) is 5.39 Å². The lowest BCUT2D eigenvalue weighted by Crippen LogP contribution is -2.10. The van der Waals surface area contributed by atoms with Gasteiger partial charge in [-0.15, -0.1) is 5.10 Å². The zero-order valence-corrected chi connectivity index (χ0v) is 8.69. The van der Waals surface area contributed by atoms with Gasteiger partial charge in [-0.05, 0) is 12.1 Å². The molecule has 1 aromatic heterocycles. The fraction of sp³-hybridized carbons (Fsp3) is 0.125. The number of para-hydroxylation sites is 1. The smallest absolute Gasteiger partial charge is 0.231 e. The first-order valence-corrected chi connectivity index (χ1v) is 6.01. The van der Waals surface area contributed by atoms with Crippen LogP contribution in [0, 0.1) is 0 Å². The van der Waals surface area contributed by atoms with Gasteiger partial charge in [0.2, 0.25) is 10.0 Å². The van der Waals surface area contributed by atoms with Gasteiger partial charge in [0.1, 0.15) is 5.52 Å². The van der Waals surface area contributed by atoms with Gasteiger partial charge in [-0.3, -0.25) is 4.72 Å². The fourth-order valence-corrected chi connectivity index (χ4v) is 1.80. The van der Waals surface area contributed by atoms with Crippen LogP contribution >= 0.6 is 0 Å². The number of anilines is 1. The van der Waals surface area contributed by atoms with Gasteiger partial charge in [-0.2, -0.15) is 0 Å². The number of aromatic nitrogens is 2. The third-order valence-electron chi connectivity index (χ3n) is 1.85. The van der Waals surface area contributed by atoms with E-state index in [2.05, 4.69) is 9.82 Å². The van der Waals surface area contributed by atoms with E-state index in [9.17, 15) is 13.6 Å². The standard InChI is InChI=1S/C8H9N3O3S/c1-15(13,14)10-8-6-4-2-3-5-7(6)11(12)9-8/h2-5,12H,1H3,(H,9,10). The van der Waals surface area contributed by atoms with E-state index in [1.54, 1.807) is 24.3 Å². The Labute approximate surface area is 86.1 Å². The fourth-order valence-electron chi connectivity index (χ4n) is 1.30. The van der Waals surface area contributed by atoms with Crippen LogP contribution in [-0.4, -0.2) is 29.8 Å². The first-order chi connectivity index (χ1) is 6.97. The largest absolute Gasteiger partial charge is 0.411 e. The molecule has 0 bridgehead atoms. The Balaban J connectivity index is 2.62. The molecule has 15 heavy (non-hydrogen) atoms. The monoisotopic (exact) mass is 227 g/mol. The number of sulfonamides is 1. The van der Waals surface area contributed by atoms with Gasteiger partial charge in [0.25, 0.3) is 0 Å². The van der Waals surface area contributed by atoms with Crippen molar-refractivity contribution in [3.05, 3.63) is 24.3 Å². The first kappa shape index (κ1) is 9.78. The molecule has 0 fully saturated rings. The van der Waals surface area contributed by atoms with Crippen molar-refractivity contribution >= 4 is 26.7 Å². The van der Waals surface area contributed by atoms with Crippen LogP contribution in [-0.2, 0) is 10.0 Å². The summed E-state index contributed by atoms with van der Waals surface area (Å²) in [6.45, 7) is 0. The van der Waals surface area contributed by atoms with Crippen molar-refractivity contribution in [2.24, 2.45) is 0 Å².